The standard InChI is InChI=1S/C29H43N7O2/c1-20(2)27(28-31-32-33-36(28)25-8-6-5-7-9-25)35(11-10-34-12-14-38-15-13-34)19-24-18-23-16-21(3)22(4)17-26(23)30-29(24)37/h16-18,20,25,27H,5-15,19H2,1-4H3,(H,30,37)/t27-/m1/s1. The topological polar surface area (TPSA) is 92.2 Å². The number of aromatic amines is 1. The third-order valence-electron chi connectivity index (χ3n) is 8.44. The smallest absolute Gasteiger partial charge is 0.252 e. The molecule has 2 aliphatic rings. The molecule has 1 aliphatic heterocycles. The molecule has 9 heteroatoms. The number of ether oxygens (including phenoxy) is 1. The largest absolute Gasteiger partial charge is 0.379 e. The lowest BCUT2D eigenvalue weighted by Gasteiger charge is -2.36. The number of fused-ring (bicyclic) bond motifs is 1. The molecule has 1 saturated heterocycles. The number of nitrogens with one attached hydrogen (secondary N) is 1. The first-order valence-corrected chi connectivity index (χ1v) is 14.4. The highest BCUT2D eigenvalue weighted by Gasteiger charge is 2.32. The number of tetrazole rings is 1. The predicted octanol–water partition coefficient (Wildman–Crippen LogP) is 4.17. The van der Waals surface area contributed by atoms with Gasteiger partial charge in [-0.05, 0) is 77.7 Å². The molecule has 0 radical (unpaired) electrons. The van der Waals surface area contributed by atoms with Crippen molar-refractivity contribution in [3.8, 4) is 0 Å². The molecule has 3 heterocycles. The molecule has 1 N–H and O–H groups in total. The Labute approximate surface area is 225 Å². The van der Waals surface area contributed by atoms with E-state index in [1.54, 1.807) is 0 Å². The minimum absolute atomic E-state index is 0.00261. The van der Waals surface area contributed by atoms with Gasteiger partial charge in [0.05, 0.1) is 25.3 Å². The summed E-state index contributed by atoms with van der Waals surface area (Å²) in [6.45, 7) is 14.4. The van der Waals surface area contributed by atoms with Gasteiger partial charge in [0, 0.05) is 43.8 Å². The van der Waals surface area contributed by atoms with Gasteiger partial charge in [-0.1, -0.05) is 33.1 Å². The number of rotatable bonds is 9. The first-order chi connectivity index (χ1) is 18.4. The molecule has 9 nitrogen and oxygen atoms in total. The fraction of sp³-hybridized carbons (Fsp3) is 0.655. The van der Waals surface area contributed by atoms with Crippen molar-refractivity contribution < 1.29 is 4.74 Å². The summed E-state index contributed by atoms with van der Waals surface area (Å²) in [5.74, 6) is 1.20. The van der Waals surface area contributed by atoms with Crippen molar-refractivity contribution >= 4 is 10.9 Å². The van der Waals surface area contributed by atoms with Crippen LogP contribution in [0.15, 0.2) is 23.0 Å². The Morgan fingerprint density at radius 2 is 1.82 bits per heavy atom. The van der Waals surface area contributed by atoms with Gasteiger partial charge in [0.15, 0.2) is 5.82 Å². The highest BCUT2D eigenvalue weighted by molar-refractivity contribution is 5.80. The second-order valence-corrected chi connectivity index (χ2v) is 11.5. The number of H-pyrrole nitrogens is 1. The van der Waals surface area contributed by atoms with E-state index in [1.807, 2.05) is 0 Å². The van der Waals surface area contributed by atoms with Crippen molar-refractivity contribution in [1.82, 2.24) is 35.0 Å². The number of pyridine rings is 1. The van der Waals surface area contributed by atoms with Crippen LogP contribution in [0.2, 0.25) is 0 Å². The van der Waals surface area contributed by atoms with Crippen molar-refractivity contribution in [2.75, 3.05) is 39.4 Å². The van der Waals surface area contributed by atoms with Gasteiger partial charge >= 0.3 is 0 Å². The number of hydrogen-bond acceptors (Lipinski definition) is 7. The van der Waals surface area contributed by atoms with Crippen molar-refractivity contribution in [3.05, 3.63) is 51.1 Å². The molecule has 0 spiro atoms. The van der Waals surface area contributed by atoms with Gasteiger partial charge in [-0.3, -0.25) is 14.6 Å². The lowest BCUT2D eigenvalue weighted by Crippen LogP contribution is -2.44. The van der Waals surface area contributed by atoms with E-state index in [4.69, 9.17) is 4.74 Å². The summed E-state index contributed by atoms with van der Waals surface area (Å²) in [6, 6.07) is 6.67. The normalized spacial score (nSPS) is 18.6. The summed E-state index contributed by atoms with van der Waals surface area (Å²) in [4.78, 5) is 21.3. The molecule has 38 heavy (non-hydrogen) atoms. The van der Waals surface area contributed by atoms with E-state index in [0.29, 0.717) is 12.6 Å². The van der Waals surface area contributed by atoms with Gasteiger partial charge in [0.2, 0.25) is 0 Å². The molecule has 3 aromatic rings. The lowest BCUT2D eigenvalue weighted by molar-refractivity contribution is 0.0266. The quantitative estimate of drug-likeness (QED) is 0.452. The van der Waals surface area contributed by atoms with Crippen LogP contribution in [0.25, 0.3) is 10.9 Å². The Kier molecular flexibility index (Phi) is 8.55. The van der Waals surface area contributed by atoms with Crippen LogP contribution in [0, 0.1) is 19.8 Å². The number of hydrogen-bond donors (Lipinski definition) is 1. The maximum Gasteiger partial charge on any atom is 0.252 e. The molecule has 2 aromatic heterocycles. The molecule has 1 atom stereocenters. The van der Waals surface area contributed by atoms with Gasteiger partial charge in [-0.2, -0.15) is 0 Å². The summed E-state index contributed by atoms with van der Waals surface area (Å²) < 4.78 is 7.67. The van der Waals surface area contributed by atoms with Crippen molar-refractivity contribution in [1.29, 1.82) is 0 Å². The zero-order chi connectivity index (χ0) is 26.6. The van der Waals surface area contributed by atoms with Gasteiger partial charge in [-0.15, -0.1) is 5.10 Å². The molecular formula is C29H43N7O2. The van der Waals surface area contributed by atoms with E-state index in [9.17, 15) is 4.79 Å². The van der Waals surface area contributed by atoms with Crippen LogP contribution >= 0.6 is 0 Å². The van der Waals surface area contributed by atoms with Gasteiger partial charge in [-0.25, -0.2) is 4.68 Å². The number of nitrogens with zero attached hydrogens (tertiary/aromatic N) is 6. The molecule has 1 aliphatic carbocycles. The molecule has 1 saturated carbocycles. The molecule has 0 unspecified atom stereocenters. The molecule has 206 valence electrons. The number of morpholine rings is 1. The van der Waals surface area contributed by atoms with Gasteiger partial charge in [0.25, 0.3) is 5.56 Å². The average Bonchev–Trinajstić information content (AvgIpc) is 3.39. The van der Waals surface area contributed by atoms with E-state index in [2.05, 4.69) is 80.9 Å². The minimum Gasteiger partial charge on any atom is -0.379 e. The van der Waals surface area contributed by atoms with Crippen LogP contribution in [0.5, 0.6) is 0 Å². The highest BCUT2D eigenvalue weighted by Crippen LogP contribution is 2.34. The molecule has 0 amide bonds. The second-order valence-electron chi connectivity index (χ2n) is 11.5. The summed E-state index contributed by atoms with van der Waals surface area (Å²) >= 11 is 0. The first-order valence-electron chi connectivity index (χ1n) is 14.4. The third kappa shape index (κ3) is 6.00. The van der Waals surface area contributed by atoms with Crippen LogP contribution in [-0.4, -0.2) is 74.4 Å². The fourth-order valence-electron chi connectivity index (χ4n) is 6.13. The Hall–Kier alpha value is -2.62. The molecule has 5 rings (SSSR count). The molecular weight excluding hydrogens is 478 g/mol. The minimum atomic E-state index is -0.0218. The van der Waals surface area contributed by atoms with Crippen molar-refractivity contribution in [3.63, 3.8) is 0 Å². The summed E-state index contributed by atoms with van der Waals surface area (Å²) in [5, 5.41) is 14.3. The van der Waals surface area contributed by atoms with E-state index >= 15 is 0 Å². The number of aryl methyl sites for hydroxylation is 2. The van der Waals surface area contributed by atoms with E-state index < -0.39 is 0 Å². The number of benzene rings is 1. The van der Waals surface area contributed by atoms with Crippen LogP contribution < -0.4 is 5.56 Å². The van der Waals surface area contributed by atoms with Crippen LogP contribution in [-0.2, 0) is 11.3 Å². The Bertz CT molecular complexity index is 1270. The maximum absolute atomic E-state index is 13.3. The summed E-state index contributed by atoms with van der Waals surface area (Å²) in [5.41, 5.74) is 4.06. The Balaban J connectivity index is 1.49. The highest BCUT2D eigenvalue weighted by atomic mass is 16.5. The van der Waals surface area contributed by atoms with E-state index in [1.165, 1.54) is 30.4 Å². The Morgan fingerprint density at radius 3 is 2.55 bits per heavy atom. The fourth-order valence-corrected chi connectivity index (χ4v) is 6.13. The van der Waals surface area contributed by atoms with Crippen LogP contribution in [0.1, 0.15) is 80.6 Å². The average molecular weight is 522 g/mol. The van der Waals surface area contributed by atoms with Crippen LogP contribution in [0.4, 0.5) is 0 Å². The Morgan fingerprint density at radius 1 is 1.08 bits per heavy atom. The van der Waals surface area contributed by atoms with Gasteiger partial charge in [0.1, 0.15) is 0 Å². The van der Waals surface area contributed by atoms with Gasteiger partial charge < -0.3 is 9.72 Å². The summed E-state index contributed by atoms with van der Waals surface area (Å²) in [6.07, 6.45) is 5.99. The van der Waals surface area contributed by atoms with Crippen LogP contribution in [0.3, 0.4) is 0 Å². The van der Waals surface area contributed by atoms with Crippen molar-refractivity contribution in [2.24, 2.45) is 5.92 Å². The maximum atomic E-state index is 13.3. The first kappa shape index (κ1) is 27.0. The van der Waals surface area contributed by atoms with Crippen molar-refractivity contribution in [2.45, 2.75) is 78.4 Å². The SMILES string of the molecule is Cc1cc2cc(CN(CCN3CCOCC3)[C@@H](c3nnnn3C3CCCCC3)C(C)C)c(=O)[nH]c2cc1C. The predicted molar refractivity (Wildman–Crippen MR) is 149 cm³/mol. The third-order valence-corrected chi connectivity index (χ3v) is 8.44. The number of aromatic nitrogens is 5. The van der Waals surface area contributed by atoms with E-state index in [-0.39, 0.29) is 17.5 Å². The molecule has 2 fully saturated rings. The summed E-state index contributed by atoms with van der Waals surface area (Å²) in [7, 11) is 0. The second kappa shape index (κ2) is 12.1. The monoisotopic (exact) mass is 521 g/mol. The lowest BCUT2D eigenvalue weighted by atomic mass is 9.94. The zero-order valence-corrected chi connectivity index (χ0v) is 23.4. The van der Waals surface area contributed by atoms with E-state index in [0.717, 1.165) is 74.5 Å². The molecule has 0 bridgehead atoms. The zero-order valence-electron chi connectivity index (χ0n) is 23.4. The molecule has 1 aromatic carbocycles.